The summed E-state index contributed by atoms with van der Waals surface area (Å²) in [6.07, 6.45) is 2.40. The fourth-order valence-electron chi connectivity index (χ4n) is 2.88. The molecule has 29 heavy (non-hydrogen) atoms. The van der Waals surface area contributed by atoms with Crippen molar-refractivity contribution in [1.29, 1.82) is 5.41 Å². The minimum Gasteiger partial charge on any atom is -0.472 e. The van der Waals surface area contributed by atoms with Crippen molar-refractivity contribution < 1.29 is 22.6 Å². The number of rotatable bonds is 7. The first-order valence-corrected chi connectivity index (χ1v) is 11.3. The predicted octanol–water partition coefficient (Wildman–Crippen LogP) is 0.633. The summed E-state index contributed by atoms with van der Waals surface area (Å²) in [5.41, 5.74) is 1.12. The summed E-state index contributed by atoms with van der Waals surface area (Å²) < 4.78 is 44.2. The molecule has 1 saturated heterocycles. The highest BCUT2D eigenvalue weighted by Gasteiger charge is 2.40. The molecule has 1 aromatic rings. The van der Waals surface area contributed by atoms with E-state index in [1.54, 1.807) is 6.92 Å². The van der Waals surface area contributed by atoms with E-state index in [2.05, 4.69) is 15.0 Å². The molecule has 0 amide bonds. The van der Waals surface area contributed by atoms with Crippen molar-refractivity contribution in [2.75, 3.05) is 19.5 Å². The standard InChI is InChI=1S/C19H24N4O5S/c1-3-27-18(23-19(20)29(2,24)25)17-21-16(22-17)15-10-9-14(28-15)12-26-11-13-7-5-4-6-8-13/h4-8,14-15,20H,3,9-12H2,1-2H3/p+1. The SMILES string of the molecule is CCOC(=NC(=N)S(C)(=O)=O)C1=[N+]=C(C2CCC(COCc3ccccc3)O2)N1. The summed E-state index contributed by atoms with van der Waals surface area (Å²) in [6, 6.07) is 9.96. The van der Waals surface area contributed by atoms with Gasteiger partial charge in [0.2, 0.25) is 15.0 Å². The molecule has 0 aliphatic carbocycles. The Bertz CT molecular complexity index is 952. The number of nitrogens with zero attached hydrogens (tertiary/aromatic N) is 2. The van der Waals surface area contributed by atoms with Crippen molar-refractivity contribution in [3.05, 3.63) is 35.9 Å². The number of nitrogens with one attached hydrogen (secondary N) is 2. The Balaban J connectivity index is 1.56. The number of benzene rings is 1. The Hall–Kier alpha value is -2.52. The van der Waals surface area contributed by atoms with Gasteiger partial charge < -0.3 is 14.2 Å². The van der Waals surface area contributed by atoms with Crippen LogP contribution in [0.1, 0.15) is 25.3 Å². The Labute approximate surface area is 170 Å². The van der Waals surface area contributed by atoms with Gasteiger partial charge in [0.05, 0.1) is 25.9 Å². The van der Waals surface area contributed by atoms with Crippen LogP contribution >= 0.6 is 0 Å². The highest BCUT2D eigenvalue weighted by molar-refractivity contribution is 8.05. The summed E-state index contributed by atoms with van der Waals surface area (Å²) in [5.74, 6) is 0.916. The van der Waals surface area contributed by atoms with Crippen LogP contribution in [0, 0.1) is 5.41 Å². The molecule has 2 heterocycles. The third-order valence-corrected chi connectivity index (χ3v) is 5.14. The lowest BCUT2D eigenvalue weighted by molar-refractivity contribution is -0.00296. The van der Waals surface area contributed by atoms with Gasteiger partial charge >= 0.3 is 17.6 Å². The molecule has 156 valence electrons. The van der Waals surface area contributed by atoms with Crippen LogP contribution in [-0.2, 0) is 30.7 Å². The zero-order valence-corrected chi connectivity index (χ0v) is 17.2. The van der Waals surface area contributed by atoms with Crippen LogP contribution in [0.5, 0.6) is 0 Å². The van der Waals surface area contributed by atoms with E-state index >= 15 is 0 Å². The largest absolute Gasteiger partial charge is 0.472 e. The van der Waals surface area contributed by atoms with Crippen molar-refractivity contribution in [3.63, 3.8) is 0 Å². The molecular formula is C19H25N4O5S+. The van der Waals surface area contributed by atoms with Gasteiger partial charge in [-0.2, -0.15) is 4.99 Å². The van der Waals surface area contributed by atoms with Gasteiger partial charge in [0, 0.05) is 6.26 Å². The summed E-state index contributed by atoms with van der Waals surface area (Å²) in [7, 11) is -3.71. The molecule has 2 aliphatic rings. The molecule has 0 bridgehead atoms. The lowest BCUT2D eigenvalue weighted by Gasteiger charge is -2.16. The third-order valence-electron chi connectivity index (χ3n) is 4.34. The molecule has 0 spiro atoms. The number of sulfone groups is 1. The molecule has 1 fully saturated rings. The topological polar surface area (TPSA) is 124 Å². The molecule has 10 heteroatoms. The number of aliphatic imine (C=N–C) groups is 1. The molecule has 2 N–H and O–H groups in total. The molecule has 2 aliphatic heterocycles. The van der Waals surface area contributed by atoms with Crippen LogP contribution in [0.15, 0.2) is 35.3 Å². The van der Waals surface area contributed by atoms with Gasteiger partial charge in [-0.15, -0.1) is 0 Å². The summed E-state index contributed by atoms with van der Waals surface area (Å²) in [4.78, 5) is 3.73. The fraction of sp³-hybridized carbons (Fsp3) is 0.474. The monoisotopic (exact) mass is 421 g/mol. The van der Waals surface area contributed by atoms with Crippen LogP contribution in [0.2, 0.25) is 0 Å². The van der Waals surface area contributed by atoms with Crippen molar-refractivity contribution in [1.82, 2.24) is 9.98 Å². The van der Waals surface area contributed by atoms with Crippen molar-refractivity contribution in [3.8, 4) is 0 Å². The van der Waals surface area contributed by atoms with Gasteiger partial charge in [0.15, 0.2) is 6.10 Å². The molecular weight excluding hydrogens is 396 g/mol. The first-order valence-electron chi connectivity index (χ1n) is 9.37. The molecule has 1 aromatic carbocycles. The van der Waals surface area contributed by atoms with Crippen molar-refractivity contribution >= 4 is 32.6 Å². The summed E-state index contributed by atoms with van der Waals surface area (Å²) >= 11 is 0. The number of amidine groups is 3. The molecule has 9 nitrogen and oxygen atoms in total. The predicted molar refractivity (Wildman–Crippen MR) is 111 cm³/mol. The minimum atomic E-state index is -3.71. The summed E-state index contributed by atoms with van der Waals surface area (Å²) in [6.45, 7) is 3.06. The molecule has 3 rings (SSSR count). The van der Waals surface area contributed by atoms with Crippen LogP contribution < -0.4 is 9.98 Å². The van der Waals surface area contributed by atoms with E-state index < -0.39 is 15.0 Å². The van der Waals surface area contributed by atoms with Gasteiger partial charge in [-0.3, -0.25) is 5.41 Å². The van der Waals surface area contributed by atoms with Gasteiger partial charge in [-0.25, -0.2) is 18.4 Å². The van der Waals surface area contributed by atoms with Gasteiger partial charge in [-0.05, 0) is 25.3 Å². The zero-order valence-electron chi connectivity index (χ0n) is 16.4. The molecule has 0 saturated carbocycles. The van der Waals surface area contributed by atoms with Crippen LogP contribution in [-0.4, -0.2) is 62.8 Å². The van der Waals surface area contributed by atoms with Crippen LogP contribution in [0.4, 0.5) is 0 Å². The average molecular weight is 421 g/mol. The van der Waals surface area contributed by atoms with Gasteiger partial charge in [0.25, 0.3) is 0 Å². The van der Waals surface area contributed by atoms with Crippen LogP contribution in [0.3, 0.4) is 0 Å². The van der Waals surface area contributed by atoms with E-state index in [-0.39, 0.29) is 24.7 Å². The number of hydrogen-bond acceptors (Lipinski definition) is 7. The zero-order chi connectivity index (χ0) is 20.9. The first kappa shape index (κ1) is 21.2. The molecule has 2 atom stereocenters. The Morgan fingerprint density at radius 1 is 1.34 bits per heavy atom. The van der Waals surface area contributed by atoms with E-state index in [1.165, 1.54) is 0 Å². The maximum atomic E-state index is 11.4. The van der Waals surface area contributed by atoms with Gasteiger partial charge in [0.1, 0.15) is 0 Å². The lowest BCUT2D eigenvalue weighted by atomic mass is 10.1. The molecule has 0 radical (unpaired) electrons. The quantitative estimate of drug-likeness (QED) is 0.378. The average Bonchev–Trinajstić information content (AvgIpc) is 3.09. The summed E-state index contributed by atoms with van der Waals surface area (Å²) in [5, 5.41) is 9.78. The fourth-order valence-corrected chi connectivity index (χ4v) is 3.12. The normalized spacial score (nSPS) is 21.7. The Kier molecular flexibility index (Phi) is 6.81. The molecule has 2 unspecified atom stereocenters. The number of hydrogen-bond donors (Lipinski definition) is 2. The second kappa shape index (κ2) is 9.32. The van der Waals surface area contributed by atoms with Crippen LogP contribution in [0.25, 0.3) is 0 Å². The van der Waals surface area contributed by atoms with Crippen molar-refractivity contribution in [2.24, 2.45) is 4.99 Å². The van der Waals surface area contributed by atoms with E-state index in [0.29, 0.717) is 24.9 Å². The minimum absolute atomic E-state index is 0.00398. The first-order chi connectivity index (χ1) is 13.9. The highest BCUT2D eigenvalue weighted by Crippen LogP contribution is 2.21. The third kappa shape index (κ3) is 5.74. The number of ether oxygens (including phenoxy) is 3. The highest BCUT2D eigenvalue weighted by atomic mass is 32.2. The van der Waals surface area contributed by atoms with E-state index in [0.717, 1.165) is 24.7 Å². The van der Waals surface area contributed by atoms with E-state index in [4.69, 9.17) is 19.6 Å². The lowest BCUT2D eigenvalue weighted by Crippen LogP contribution is -2.54. The molecule has 0 aromatic heterocycles. The van der Waals surface area contributed by atoms with E-state index in [9.17, 15) is 8.42 Å². The van der Waals surface area contributed by atoms with Gasteiger partial charge in [-0.1, -0.05) is 30.3 Å². The Morgan fingerprint density at radius 3 is 2.72 bits per heavy atom. The Morgan fingerprint density at radius 2 is 2.07 bits per heavy atom. The maximum Gasteiger partial charge on any atom is 0.379 e. The van der Waals surface area contributed by atoms with Crippen molar-refractivity contribution in [2.45, 2.75) is 38.6 Å². The maximum absolute atomic E-state index is 11.4. The van der Waals surface area contributed by atoms with E-state index in [1.807, 2.05) is 30.3 Å². The second-order valence-corrected chi connectivity index (χ2v) is 8.65. The second-order valence-electron chi connectivity index (χ2n) is 6.72. The smallest absolute Gasteiger partial charge is 0.379 e.